The van der Waals surface area contributed by atoms with Gasteiger partial charge in [-0.1, -0.05) is 18.2 Å². The van der Waals surface area contributed by atoms with Crippen LogP contribution in [0, 0.1) is 5.82 Å². The molecular weight excluding hydrogens is 263 g/mol. The highest BCUT2D eigenvalue weighted by atomic mass is 19.1. The number of carbonyl (C=O) groups is 2. The average Bonchev–Trinajstić information content (AvgIpc) is 2.47. The molecule has 0 radical (unpaired) electrons. The van der Waals surface area contributed by atoms with Crippen LogP contribution in [0.2, 0.25) is 0 Å². The number of esters is 1. The van der Waals surface area contributed by atoms with Crippen LogP contribution in [0.25, 0.3) is 10.9 Å². The lowest BCUT2D eigenvalue weighted by atomic mass is 10.2. The molecule has 0 saturated heterocycles. The van der Waals surface area contributed by atoms with E-state index in [-0.39, 0.29) is 24.2 Å². The molecule has 1 N–H and O–H groups in total. The molecule has 0 saturated carbocycles. The Morgan fingerprint density at radius 3 is 2.85 bits per heavy atom. The second kappa shape index (κ2) is 6.10. The topological polar surface area (TPSA) is 68.3 Å². The van der Waals surface area contributed by atoms with Crippen molar-refractivity contribution in [3.63, 3.8) is 0 Å². The molecule has 2 rings (SSSR count). The van der Waals surface area contributed by atoms with Crippen LogP contribution >= 0.6 is 0 Å². The largest absolute Gasteiger partial charge is 0.469 e. The minimum absolute atomic E-state index is 0.0736. The summed E-state index contributed by atoms with van der Waals surface area (Å²) in [5.41, 5.74) is 0.251. The van der Waals surface area contributed by atoms with E-state index >= 15 is 0 Å². The van der Waals surface area contributed by atoms with Gasteiger partial charge in [0.25, 0.3) is 5.91 Å². The summed E-state index contributed by atoms with van der Waals surface area (Å²) < 4.78 is 18.0. The number of methoxy groups -OCH3 is 1. The Hall–Kier alpha value is -2.50. The van der Waals surface area contributed by atoms with Gasteiger partial charge in [-0.25, -0.2) is 9.37 Å². The zero-order valence-corrected chi connectivity index (χ0v) is 10.9. The van der Waals surface area contributed by atoms with Gasteiger partial charge < -0.3 is 10.1 Å². The maximum Gasteiger partial charge on any atom is 0.307 e. The number of carbonyl (C=O) groups excluding carboxylic acids is 2. The highest BCUT2D eigenvalue weighted by Gasteiger charge is 2.10. The molecule has 1 aromatic carbocycles. The van der Waals surface area contributed by atoms with Gasteiger partial charge in [0, 0.05) is 11.9 Å². The van der Waals surface area contributed by atoms with Crippen LogP contribution in [0.5, 0.6) is 0 Å². The van der Waals surface area contributed by atoms with Gasteiger partial charge in [-0.15, -0.1) is 0 Å². The van der Waals surface area contributed by atoms with E-state index < -0.39 is 17.7 Å². The molecule has 104 valence electrons. The van der Waals surface area contributed by atoms with Crippen LogP contribution in [0.1, 0.15) is 16.9 Å². The van der Waals surface area contributed by atoms with Crippen LogP contribution in [0.3, 0.4) is 0 Å². The third-order valence-corrected chi connectivity index (χ3v) is 2.75. The first-order valence-electron chi connectivity index (χ1n) is 6.02. The Kier molecular flexibility index (Phi) is 4.24. The molecule has 1 aromatic heterocycles. The normalized spacial score (nSPS) is 10.3. The molecule has 2 aromatic rings. The molecule has 0 aliphatic carbocycles. The van der Waals surface area contributed by atoms with E-state index in [9.17, 15) is 14.0 Å². The van der Waals surface area contributed by atoms with Crippen molar-refractivity contribution >= 4 is 22.8 Å². The number of hydrogen-bond donors (Lipinski definition) is 1. The monoisotopic (exact) mass is 276 g/mol. The van der Waals surface area contributed by atoms with Crippen LogP contribution < -0.4 is 5.32 Å². The second-order valence-electron chi connectivity index (χ2n) is 4.09. The van der Waals surface area contributed by atoms with Crippen molar-refractivity contribution < 1.29 is 18.7 Å². The SMILES string of the molecule is COC(=O)CCNC(=O)c1ccc2cccc(F)c2n1. The molecule has 0 spiro atoms. The first-order chi connectivity index (χ1) is 9.61. The average molecular weight is 276 g/mol. The van der Waals surface area contributed by atoms with Crippen molar-refractivity contribution in [2.75, 3.05) is 13.7 Å². The second-order valence-corrected chi connectivity index (χ2v) is 4.09. The minimum Gasteiger partial charge on any atom is -0.469 e. The number of para-hydroxylation sites is 1. The molecule has 0 aliphatic heterocycles. The number of fused-ring (bicyclic) bond motifs is 1. The summed E-state index contributed by atoms with van der Waals surface area (Å²) in [6, 6.07) is 7.71. The number of pyridine rings is 1. The summed E-state index contributed by atoms with van der Waals surface area (Å²) in [4.78, 5) is 26.7. The van der Waals surface area contributed by atoms with Gasteiger partial charge in [0.05, 0.1) is 13.5 Å². The van der Waals surface area contributed by atoms with Gasteiger partial charge in [0.15, 0.2) is 0 Å². The Balaban J connectivity index is 2.10. The van der Waals surface area contributed by atoms with Crippen molar-refractivity contribution in [2.45, 2.75) is 6.42 Å². The predicted molar refractivity (Wildman–Crippen MR) is 70.7 cm³/mol. The van der Waals surface area contributed by atoms with Crippen molar-refractivity contribution in [3.05, 3.63) is 41.8 Å². The first kappa shape index (κ1) is 13.9. The fourth-order valence-corrected chi connectivity index (χ4v) is 1.71. The van der Waals surface area contributed by atoms with Crippen molar-refractivity contribution in [1.82, 2.24) is 10.3 Å². The van der Waals surface area contributed by atoms with E-state index in [0.29, 0.717) is 5.39 Å². The number of rotatable bonds is 4. The van der Waals surface area contributed by atoms with E-state index in [0.717, 1.165) is 0 Å². The van der Waals surface area contributed by atoms with E-state index in [4.69, 9.17) is 0 Å². The predicted octanol–water partition coefficient (Wildman–Crippen LogP) is 1.67. The van der Waals surface area contributed by atoms with Gasteiger partial charge in [0.2, 0.25) is 0 Å². The van der Waals surface area contributed by atoms with Crippen molar-refractivity contribution in [3.8, 4) is 0 Å². The fraction of sp³-hybridized carbons (Fsp3) is 0.214. The summed E-state index contributed by atoms with van der Waals surface area (Å²) in [5, 5.41) is 3.15. The number of halogens is 1. The van der Waals surface area contributed by atoms with E-state index in [1.54, 1.807) is 18.2 Å². The molecule has 1 amide bonds. The van der Waals surface area contributed by atoms with Gasteiger partial charge in [-0.3, -0.25) is 9.59 Å². The van der Waals surface area contributed by atoms with Gasteiger partial charge in [-0.2, -0.15) is 0 Å². The number of ether oxygens (including phenoxy) is 1. The molecular formula is C14H13FN2O3. The Morgan fingerprint density at radius 1 is 1.30 bits per heavy atom. The van der Waals surface area contributed by atoms with Crippen LogP contribution in [0.4, 0.5) is 4.39 Å². The molecule has 6 heteroatoms. The van der Waals surface area contributed by atoms with Crippen LogP contribution in [0.15, 0.2) is 30.3 Å². The highest BCUT2D eigenvalue weighted by molar-refractivity contribution is 5.95. The summed E-state index contributed by atoms with van der Waals surface area (Å²) in [5.74, 6) is -1.35. The fourth-order valence-electron chi connectivity index (χ4n) is 1.71. The molecule has 0 atom stereocenters. The number of benzene rings is 1. The summed E-state index contributed by atoms with van der Waals surface area (Å²) in [6.07, 6.45) is 0.0736. The lowest BCUT2D eigenvalue weighted by Gasteiger charge is -2.05. The molecule has 1 heterocycles. The van der Waals surface area contributed by atoms with Gasteiger partial charge in [0.1, 0.15) is 17.0 Å². The molecule has 0 fully saturated rings. The standard InChI is InChI=1S/C14H13FN2O3/c1-20-12(18)7-8-16-14(19)11-6-5-9-3-2-4-10(15)13(9)17-11/h2-6H,7-8H2,1H3,(H,16,19). The molecule has 0 aliphatic rings. The van der Waals surface area contributed by atoms with Crippen LogP contribution in [-0.2, 0) is 9.53 Å². The van der Waals surface area contributed by atoms with E-state index in [1.807, 2.05) is 0 Å². The maximum atomic E-state index is 13.6. The lowest BCUT2D eigenvalue weighted by Crippen LogP contribution is -2.27. The molecule has 20 heavy (non-hydrogen) atoms. The third-order valence-electron chi connectivity index (χ3n) is 2.75. The number of nitrogens with one attached hydrogen (secondary N) is 1. The number of nitrogens with zero attached hydrogens (tertiary/aromatic N) is 1. The minimum atomic E-state index is -0.480. The zero-order valence-electron chi connectivity index (χ0n) is 10.9. The smallest absolute Gasteiger partial charge is 0.307 e. The number of hydrogen-bond acceptors (Lipinski definition) is 4. The molecule has 5 nitrogen and oxygen atoms in total. The van der Waals surface area contributed by atoms with E-state index in [1.165, 1.54) is 19.2 Å². The van der Waals surface area contributed by atoms with E-state index in [2.05, 4.69) is 15.0 Å². The van der Waals surface area contributed by atoms with Gasteiger partial charge in [-0.05, 0) is 12.1 Å². The lowest BCUT2D eigenvalue weighted by molar-refractivity contribution is -0.140. The Labute approximate surface area is 114 Å². The maximum absolute atomic E-state index is 13.6. The zero-order chi connectivity index (χ0) is 14.5. The third kappa shape index (κ3) is 3.09. The number of amides is 1. The van der Waals surface area contributed by atoms with Crippen molar-refractivity contribution in [2.24, 2.45) is 0 Å². The van der Waals surface area contributed by atoms with Gasteiger partial charge >= 0.3 is 5.97 Å². The first-order valence-corrected chi connectivity index (χ1v) is 6.02. The summed E-state index contributed by atoms with van der Waals surface area (Å²) in [7, 11) is 1.28. The van der Waals surface area contributed by atoms with Crippen LogP contribution in [-0.4, -0.2) is 30.5 Å². The molecule has 0 unspecified atom stereocenters. The quantitative estimate of drug-likeness (QED) is 0.862. The number of aromatic nitrogens is 1. The summed E-state index contributed by atoms with van der Waals surface area (Å²) in [6.45, 7) is 0.141. The van der Waals surface area contributed by atoms with Crippen molar-refractivity contribution in [1.29, 1.82) is 0 Å². The Bertz CT molecular complexity index is 658. The Morgan fingerprint density at radius 2 is 2.10 bits per heavy atom. The molecule has 0 bridgehead atoms. The summed E-state index contributed by atoms with van der Waals surface area (Å²) >= 11 is 0. The highest BCUT2D eigenvalue weighted by Crippen LogP contribution is 2.15.